The van der Waals surface area contributed by atoms with Crippen molar-refractivity contribution in [1.29, 1.82) is 0 Å². The Morgan fingerprint density at radius 2 is 1.83 bits per heavy atom. The zero-order chi connectivity index (χ0) is 19.2. The lowest BCUT2D eigenvalue weighted by molar-refractivity contribution is 0.285. The van der Waals surface area contributed by atoms with Crippen molar-refractivity contribution in [2.45, 2.75) is 49.6 Å². The van der Waals surface area contributed by atoms with Gasteiger partial charge in [0.2, 0.25) is 11.1 Å². The van der Waals surface area contributed by atoms with E-state index in [-0.39, 0.29) is 0 Å². The van der Waals surface area contributed by atoms with Crippen LogP contribution in [0.25, 0.3) is 0 Å². The Balaban J connectivity index is 1.15. The van der Waals surface area contributed by atoms with Crippen molar-refractivity contribution in [2.24, 2.45) is 0 Å². The predicted octanol–water partition coefficient (Wildman–Crippen LogP) is 4.03. The number of aromatic amines is 1. The number of aromatic nitrogens is 4. The van der Waals surface area contributed by atoms with E-state index >= 15 is 0 Å². The molecule has 2 aromatic heterocycles. The van der Waals surface area contributed by atoms with Crippen LogP contribution in [0.15, 0.2) is 35.6 Å². The minimum Gasteiger partial charge on any atom is -0.324 e. The maximum absolute atomic E-state index is 4.70. The largest absolute Gasteiger partial charge is 0.324 e. The van der Waals surface area contributed by atoms with E-state index in [1.165, 1.54) is 72.2 Å². The number of hydrogen-bond donors (Lipinski definition) is 2. The second kappa shape index (κ2) is 7.15. The second-order valence-corrected chi connectivity index (χ2v) is 9.28. The third kappa shape index (κ3) is 3.22. The fraction of sp³-hybridized carbons (Fsp3) is 0.409. The van der Waals surface area contributed by atoms with Gasteiger partial charge in [-0.1, -0.05) is 12.1 Å². The van der Waals surface area contributed by atoms with Gasteiger partial charge in [0.05, 0.1) is 0 Å². The van der Waals surface area contributed by atoms with Crippen molar-refractivity contribution in [3.05, 3.63) is 58.4 Å². The first-order valence-corrected chi connectivity index (χ1v) is 11.3. The average Bonchev–Trinajstić information content (AvgIpc) is 3.45. The molecule has 0 radical (unpaired) electrons. The molecule has 3 aliphatic rings. The Kier molecular flexibility index (Phi) is 4.31. The van der Waals surface area contributed by atoms with Gasteiger partial charge >= 0.3 is 0 Å². The molecule has 1 aliphatic heterocycles. The van der Waals surface area contributed by atoms with Crippen molar-refractivity contribution >= 4 is 23.6 Å². The number of H-pyrrole nitrogens is 1. The van der Waals surface area contributed by atoms with E-state index in [1.807, 2.05) is 12.3 Å². The zero-order valence-corrected chi connectivity index (χ0v) is 17.1. The van der Waals surface area contributed by atoms with E-state index in [4.69, 9.17) is 4.98 Å². The molecule has 6 nitrogen and oxygen atoms in total. The molecule has 0 unspecified atom stereocenters. The summed E-state index contributed by atoms with van der Waals surface area (Å²) in [7, 11) is 0. The molecule has 0 atom stereocenters. The molecular weight excluding hydrogens is 380 g/mol. The van der Waals surface area contributed by atoms with Crippen LogP contribution in [0.4, 0.5) is 11.6 Å². The fourth-order valence-corrected chi connectivity index (χ4v) is 5.82. The number of rotatable bonds is 5. The number of anilines is 2. The number of aryl methyl sites for hydroxylation is 2. The zero-order valence-electron chi connectivity index (χ0n) is 16.3. The molecule has 2 N–H and O–H groups in total. The van der Waals surface area contributed by atoms with Gasteiger partial charge in [0, 0.05) is 48.5 Å². The summed E-state index contributed by atoms with van der Waals surface area (Å²) in [4.78, 5) is 9.17. The van der Waals surface area contributed by atoms with Crippen LogP contribution in [0.1, 0.15) is 46.7 Å². The highest BCUT2D eigenvalue weighted by atomic mass is 32.2. The molecule has 3 aromatic rings. The molecule has 7 heteroatoms. The Morgan fingerprint density at radius 3 is 2.55 bits per heavy atom. The molecular formula is C22H24N6S. The number of fused-ring (bicyclic) bond motifs is 2. The summed E-state index contributed by atoms with van der Waals surface area (Å²) in [5, 5.41) is 11.9. The summed E-state index contributed by atoms with van der Waals surface area (Å²) in [6.45, 7) is 1.97. The molecule has 29 heavy (non-hydrogen) atoms. The van der Waals surface area contributed by atoms with Crippen molar-refractivity contribution in [1.82, 2.24) is 24.5 Å². The quantitative estimate of drug-likeness (QED) is 0.626. The Bertz CT molecular complexity index is 1010. The Hall–Kier alpha value is -2.38. The molecule has 0 saturated carbocycles. The van der Waals surface area contributed by atoms with Crippen LogP contribution in [0.2, 0.25) is 0 Å². The smallest absolute Gasteiger partial charge is 0.225 e. The minimum atomic E-state index is 0.509. The Morgan fingerprint density at radius 1 is 1.03 bits per heavy atom. The molecule has 1 fully saturated rings. The third-order valence-corrected chi connectivity index (χ3v) is 7.25. The van der Waals surface area contributed by atoms with E-state index in [0.717, 1.165) is 24.2 Å². The van der Waals surface area contributed by atoms with Crippen molar-refractivity contribution in [3.8, 4) is 0 Å². The van der Waals surface area contributed by atoms with E-state index in [1.54, 1.807) is 11.9 Å². The van der Waals surface area contributed by atoms with E-state index in [0.29, 0.717) is 5.92 Å². The molecule has 0 amide bonds. The van der Waals surface area contributed by atoms with Crippen LogP contribution in [0, 0.1) is 0 Å². The molecule has 148 valence electrons. The average molecular weight is 405 g/mol. The first-order chi connectivity index (χ1) is 14.3. The van der Waals surface area contributed by atoms with Crippen LogP contribution < -0.4 is 5.32 Å². The number of benzene rings is 1. The SMILES string of the molecule is c1ccc(C2CN(Sc3n[nH]c(Nc4c5c(cc6c4CCC6)CCC5)n3)C2)nc1. The maximum atomic E-state index is 4.70. The standard InChI is InChI=1S/C22H24N6S/c1-2-10-23-19(9-1)16-12-28(13-16)29-22-25-21(26-27-22)24-20-17-7-3-5-14(17)11-15-6-4-8-18(15)20/h1-2,9-11,16H,3-8,12-13H2,(H2,24,25,26,27). The van der Waals surface area contributed by atoms with Gasteiger partial charge in [-0.3, -0.25) is 4.98 Å². The highest BCUT2D eigenvalue weighted by molar-refractivity contribution is 7.96. The van der Waals surface area contributed by atoms with E-state index in [2.05, 4.69) is 43.0 Å². The van der Waals surface area contributed by atoms with Crippen molar-refractivity contribution in [2.75, 3.05) is 18.4 Å². The normalized spacial score (nSPS) is 18.5. The second-order valence-electron chi connectivity index (χ2n) is 8.22. The minimum absolute atomic E-state index is 0.509. The van der Waals surface area contributed by atoms with Gasteiger partial charge in [-0.15, -0.1) is 5.10 Å². The number of nitrogens with zero attached hydrogens (tertiary/aromatic N) is 4. The molecule has 1 aromatic carbocycles. The summed E-state index contributed by atoms with van der Waals surface area (Å²) in [6.07, 6.45) is 9.15. The predicted molar refractivity (Wildman–Crippen MR) is 115 cm³/mol. The van der Waals surface area contributed by atoms with Crippen LogP contribution in [-0.4, -0.2) is 37.6 Å². The van der Waals surface area contributed by atoms with Crippen LogP contribution in [0.3, 0.4) is 0 Å². The summed E-state index contributed by atoms with van der Waals surface area (Å²) in [6, 6.07) is 8.59. The lowest BCUT2D eigenvalue weighted by atomic mass is 9.99. The lowest BCUT2D eigenvalue weighted by Crippen LogP contribution is -2.40. The summed E-state index contributed by atoms with van der Waals surface area (Å²) >= 11 is 1.62. The number of hydrogen-bond acceptors (Lipinski definition) is 6. The highest BCUT2D eigenvalue weighted by Gasteiger charge is 2.31. The lowest BCUT2D eigenvalue weighted by Gasteiger charge is -2.36. The summed E-state index contributed by atoms with van der Waals surface area (Å²) in [5.41, 5.74) is 8.54. The van der Waals surface area contributed by atoms with Crippen LogP contribution in [-0.2, 0) is 25.7 Å². The fourth-order valence-electron chi connectivity index (χ4n) is 4.86. The van der Waals surface area contributed by atoms with Gasteiger partial charge in [0.25, 0.3) is 0 Å². The first kappa shape index (κ1) is 17.5. The molecule has 1 saturated heterocycles. The Labute approximate surface area is 174 Å². The molecule has 6 rings (SSSR count). The van der Waals surface area contributed by atoms with Gasteiger partial charge < -0.3 is 5.32 Å². The maximum Gasteiger partial charge on any atom is 0.225 e. The van der Waals surface area contributed by atoms with E-state index < -0.39 is 0 Å². The molecule has 0 spiro atoms. The van der Waals surface area contributed by atoms with Gasteiger partial charge in [0.15, 0.2) is 0 Å². The van der Waals surface area contributed by atoms with Gasteiger partial charge in [0.1, 0.15) is 0 Å². The third-order valence-electron chi connectivity index (χ3n) is 6.35. The summed E-state index contributed by atoms with van der Waals surface area (Å²) < 4.78 is 2.30. The number of pyridine rings is 1. The topological polar surface area (TPSA) is 69.7 Å². The van der Waals surface area contributed by atoms with Gasteiger partial charge in [-0.2, -0.15) is 4.98 Å². The summed E-state index contributed by atoms with van der Waals surface area (Å²) in [5.74, 6) is 1.26. The molecule has 0 bridgehead atoms. The highest BCUT2D eigenvalue weighted by Crippen LogP contribution is 2.40. The number of nitrogens with one attached hydrogen (secondary N) is 2. The van der Waals surface area contributed by atoms with Crippen molar-refractivity contribution < 1.29 is 0 Å². The first-order valence-electron chi connectivity index (χ1n) is 10.5. The molecule has 3 heterocycles. The monoisotopic (exact) mass is 404 g/mol. The molecule has 2 aliphatic carbocycles. The van der Waals surface area contributed by atoms with Crippen molar-refractivity contribution in [3.63, 3.8) is 0 Å². The van der Waals surface area contributed by atoms with Gasteiger partial charge in [-0.05, 0) is 72.9 Å². The van der Waals surface area contributed by atoms with Gasteiger partial charge in [-0.25, -0.2) is 9.40 Å². The van der Waals surface area contributed by atoms with Crippen LogP contribution >= 0.6 is 11.9 Å². The van der Waals surface area contributed by atoms with Crippen LogP contribution in [0.5, 0.6) is 0 Å². The van der Waals surface area contributed by atoms with E-state index in [9.17, 15) is 0 Å².